The minimum absolute atomic E-state index is 0.397. The summed E-state index contributed by atoms with van der Waals surface area (Å²) in [5.41, 5.74) is 0. The molecular weight excluding hydrogens is 301 g/mol. The van der Waals surface area contributed by atoms with Gasteiger partial charge in [-0.15, -0.1) is 11.3 Å². The van der Waals surface area contributed by atoms with Crippen LogP contribution in [0.2, 0.25) is 0 Å². The summed E-state index contributed by atoms with van der Waals surface area (Å²) >= 11 is 1.53. The van der Waals surface area contributed by atoms with Gasteiger partial charge in [-0.1, -0.05) is 6.92 Å². The lowest BCUT2D eigenvalue weighted by Crippen LogP contribution is -2.24. The van der Waals surface area contributed by atoms with Gasteiger partial charge in [-0.05, 0) is 19.4 Å². The summed E-state index contributed by atoms with van der Waals surface area (Å²) in [6.07, 6.45) is -4.25. The first kappa shape index (κ1) is 15.8. The minimum atomic E-state index is -4.20. The zero-order valence-electron chi connectivity index (χ0n) is 12.0. The number of aromatic nitrogens is 2. The lowest BCUT2D eigenvalue weighted by molar-refractivity contribution is -0.136. The van der Waals surface area contributed by atoms with Crippen LogP contribution in [0.1, 0.15) is 25.1 Å². The molecule has 1 unspecified atom stereocenters. The molecule has 0 saturated heterocycles. The molecule has 2 rings (SSSR count). The van der Waals surface area contributed by atoms with Crippen molar-refractivity contribution in [3.8, 4) is 0 Å². The lowest BCUT2D eigenvalue weighted by Gasteiger charge is -2.17. The molecule has 0 radical (unpaired) electrons. The Balaban J connectivity index is 2.34. The van der Waals surface area contributed by atoms with Gasteiger partial charge in [0.25, 0.3) is 0 Å². The molecule has 0 fully saturated rings. The van der Waals surface area contributed by atoms with Crippen LogP contribution >= 0.6 is 11.3 Å². The van der Waals surface area contributed by atoms with Crippen LogP contribution in [0, 0.1) is 0 Å². The Bertz CT molecular complexity index is 624. The highest BCUT2D eigenvalue weighted by Gasteiger charge is 2.30. The monoisotopic (exact) mass is 318 g/mol. The number of fused-ring (bicyclic) bond motifs is 1. The zero-order chi connectivity index (χ0) is 15.6. The zero-order valence-corrected chi connectivity index (χ0v) is 12.8. The number of nitrogens with one attached hydrogen (secondary N) is 2. The summed E-state index contributed by atoms with van der Waals surface area (Å²) < 4.78 is 37.3. The Hall–Kier alpha value is -1.57. The van der Waals surface area contributed by atoms with Crippen molar-refractivity contribution in [3.05, 3.63) is 10.9 Å². The number of halogens is 3. The second-order valence-corrected chi connectivity index (χ2v) is 5.91. The maximum Gasteiger partial charge on any atom is 0.391 e. The fourth-order valence-corrected chi connectivity index (χ4v) is 2.97. The van der Waals surface area contributed by atoms with E-state index in [1.807, 2.05) is 13.0 Å². The largest absolute Gasteiger partial charge is 0.391 e. The summed E-state index contributed by atoms with van der Waals surface area (Å²) in [6, 6.07) is 1.18. The summed E-state index contributed by atoms with van der Waals surface area (Å²) in [5, 5.41) is 6.45. The highest BCUT2D eigenvalue weighted by Crippen LogP contribution is 2.31. The molecule has 0 saturated carbocycles. The van der Waals surface area contributed by atoms with Crippen molar-refractivity contribution in [1.29, 1.82) is 0 Å². The number of anilines is 2. The van der Waals surface area contributed by atoms with E-state index in [4.69, 9.17) is 0 Å². The third-order valence-corrected chi connectivity index (χ3v) is 4.11. The van der Waals surface area contributed by atoms with Crippen LogP contribution in [0.4, 0.5) is 24.9 Å². The first-order valence-corrected chi connectivity index (χ1v) is 7.45. The van der Waals surface area contributed by atoms with E-state index >= 15 is 0 Å². The van der Waals surface area contributed by atoms with E-state index in [0.717, 1.165) is 21.5 Å². The molecule has 0 aliphatic heterocycles. The van der Waals surface area contributed by atoms with Crippen molar-refractivity contribution in [2.24, 2.45) is 0 Å². The molecule has 2 N–H and O–H groups in total. The molecule has 2 aromatic rings. The van der Waals surface area contributed by atoms with Gasteiger partial charge in [0.2, 0.25) is 5.95 Å². The van der Waals surface area contributed by atoms with Crippen LogP contribution in [-0.2, 0) is 6.42 Å². The smallest absolute Gasteiger partial charge is 0.367 e. The van der Waals surface area contributed by atoms with Crippen molar-refractivity contribution in [2.45, 2.75) is 38.9 Å². The summed E-state index contributed by atoms with van der Waals surface area (Å²) in [5.74, 6) is 0.839. The van der Waals surface area contributed by atoms with Crippen molar-refractivity contribution in [3.63, 3.8) is 0 Å². The maximum absolute atomic E-state index is 12.4. The molecule has 0 aliphatic carbocycles. The van der Waals surface area contributed by atoms with Crippen LogP contribution in [0.3, 0.4) is 0 Å². The Morgan fingerprint density at radius 3 is 2.62 bits per heavy atom. The highest BCUT2D eigenvalue weighted by molar-refractivity contribution is 7.18. The maximum atomic E-state index is 12.4. The predicted octanol–water partition coefficient (Wildman–Crippen LogP) is 4.05. The van der Waals surface area contributed by atoms with Gasteiger partial charge in [0, 0.05) is 18.0 Å². The van der Waals surface area contributed by atoms with Crippen molar-refractivity contribution in [1.82, 2.24) is 9.97 Å². The third kappa shape index (κ3) is 3.96. The third-order valence-electron chi connectivity index (χ3n) is 2.94. The number of rotatable bonds is 5. The van der Waals surface area contributed by atoms with E-state index in [1.165, 1.54) is 18.3 Å². The molecule has 116 valence electrons. The van der Waals surface area contributed by atoms with Gasteiger partial charge in [0.05, 0.1) is 11.8 Å². The van der Waals surface area contributed by atoms with Crippen molar-refractivity contribution >= 4 is 33.3 Å². The van der Waals surface area contributed by atoms with Gasteiger partial charge in [-0.3, -0.25) is 0 Å². The van der Waals surface area contributed by atoms with Gasteiger partial charge in [-0.25, -0.2) is 4.98 Å². The number of alkyl halides is 3. The van der Waals surface area contributed by atoms with Crippen LogP contribution in [0.5, 0.6) is 0 Å². The summed E-state index contributed by atoms with van der Waals surface area (Å²) in [6.45, 7) is 3.52. The number of hydrogen-bond donors (Lipinski definition) is 2. The minimum Gasteiger partial charge on any atom is -0.367 e. The van der Waals surface area contributed by atoms with Crippen molar-refractivity contribution in [2.75, 3.05) is 17.7 Å². The average Bonchev–Trinajstić information content (AvgIpc) is 2.79. The molecule has 0 amide bonds. The average molecular weight is 318 g/mol. The Morgan fingerprint density at radius 1 is 1.33 bits per heavy atom. The standard InChI is InChI=1S/C13H17F3N4S/c1-4-8-5-9-10(18-7(2)6-13(14,15)16)19-12(17-3)20-11(9)21-8/h5,7H,4,6H2,1-3H3,(H2,17,18,19,20). The normalized spacial score (nSPS) is 13.4. The molecule has 8 heteroatoms. The topological polar surface area (TPSA) is 49.8 Å². The predicted molar refractivity (Wildman–Crippen MR) is 80.1 cm³/mol. The van der Waals surface area contributed by atoms with E-state index in [2.05, 4.69) is 20.6 Å². The van der Waals surface area contributed by atoms with Gasteiger partial charge in [0.1, 0.15) is 10.6 Å². The molecule has 2 aromatic heterocycles. The molecule has 2 heterocycles. The molecule has 4 nitrogen and oxygen atoms in total. The molecular formula is C13H17F3N4S. The first-order valence-electron chi connectivity index (χ1n) is 6.64. The molecule has 0 aliphatic rings. The van der Waals surface area contributed by atoms with Crippen molar-refractivity contribution < 1.29 is 13.2 Å². The van der Waals surface area contributed by atoms with Crippen LogP contribution in [-0.4, -0.2) is 29.2 Å². The van der Waals surface area contributed by atoms with E-state index in [0.29, 0.717) is 11.8 Å². The Kier molecular flexibility index (Phi) is 4.55. The molecule has 1 atom stereocenters. The molecule has 0 bridgehead atoms. The van der Waals surface area contributed by atoms with E-state index in [-0.39, 0.29) is 0 Å². The number of hydrogen-bond acceptors (Lipinski definition) is 5. The van der Waals surface area contributed by atoms with E-state index < -0.39 is 18.6 Å². The first-order chi connectivity index (χ1) is 9.82. The van der Waals surface area contributed by atoms with E-state index in [1.54, 1.807) is 7.05 Å². The van der Waals surface area contributed by atoms with Gasteiger partial charge >= 0.3 is 6.18 Å². The fraction of sp³-hybridized carbons (Fsp3) is 0.538. The lowest BCUT2D eigenvalue weighted by atomic mass is 10.2. The SMILES string of the molecule is CCc1cc2c(NC(C)CC(F)(F)F)nc(NC)nc2s1. The van der Waals surface area contributed by atoms with Crippen LogP contribution in [0.25, 0.3) is 10.2 Å². The van der Waals surface area contributed by atoms with Gasteiger partial charge in [0.15, 0.2) is 0 Å². The highest BCUT2D eigenvalue weighted by atomic mass is 32.1. The second kappa shape index (κ2) is 6.05. The molecule has 21 heavy (non-hydrogen) atoms. The fourth-order valence-electron chi connectivity index (χ4n) is 2.00. The summed E-state index contributed by atoms with van der Waals surface area (Å²) in [7, 11) is 1.68. The van der Waals surface area contributed by atoms with E-state index in [9.17, 15) is 13.2 Å². The molecule has 0 spiro atoms. The second-order valence-electron chi connectivity index (χ2n) is 4.80. The van der Waals surface area contributed by atoms with Gasteiger partial charge < -0.3 is 10.6 Å². The quantitative estimate of drug-likeness (QED) is 0.873. The molecule has 0 aromatic carbocycles. The van der Waals surface area contributed by atoms with Crippen LogP contribution < -0.4 is 10.6 Å². The Labute approximate surface area is 124 Å². The summed E-state index contributed by atoms with van der Waals surface area (Å²) in [4.78, 5) is 10.5. The number of aryl methyl sites for hydroxylation is 1. The van der Waals surface area contributed by atoms with Crippen LogP contribution in [0.15, 0.2) is 6.07 Å². The number of nitrogens with zero attached hydrogens (tertiary/aromatic N) is 2. The van der Waals surface area contributed by atoms with Gasteiger partial charge in [-0.2, -0.15) is 18.2 Å². The Morgan fingerprint density at radius 2 is 2.05 bits per heavy atom. The number of thiophene rings is 1.